The maximum atomic E-state index is 14.3. The largest absolute Gasteiger partial charge is 0.203 e. The molecule has 30 heavy (non-hydrogen) atoms. The molecule has 3 aromatic carbocycles. The molecule has 3 aromatic rings. The van der Waals surface area contributed by atoms with Crippen LogP contribution < -0.4 is 0 Å². The molecule has 0 heterocycles. The highest BCUT2D eigenvalue weighted by molar-refractivity contribution is 5.85. The van der Waals surface area contributed by atoms with Crippen LogP contribution >= 0.6 is 0 Å². The Bertz CT molecular complexity index is 1160. The molecule has 0 nitrogen and oxygen atoms in total. The molecule has 0 fully saturated rings. The molecule has 0 amide bonds. The molecule has 0 N–H and O–H groups in total. The van der Waals surface area contributed by atoms with Crippen LogP contribution in [0, 0.1) is 75.9 Å². The minimum atomic E-state index is -2.72. The van der Waals surface area contributed by atoms with Gasteiger partial charge in [-0.05, 0) is 11.6 Å². The minimum Gasteiger partial charge on any atom is -0.203 e. The molecule has 0 atom stereocenters. The van der Waals surface area contributed by atoms with E-state index in [4.69, 9.17) is 0 Å². The zero-order valence-corrected chi connectivity index (χ0v) is 13.6. The van der Waals surface area contributed by atoms with E-state index in [1.165, 1.54) is 6.07 Å². The van der Waals surface area contributed by atoms with Gasteiger partial charge in [0.05, 0.1) is 11.1 Å². The van der Waals surface area contributed by atoms with Gasteiger partial charge in [0, 0.05) is 11.6 Å². The van der Waals surface area contributed by atoms with Crippen LogP contribution in [-0.2, 0) is 0 Å². The maximum Gasteiger partial charge on any atom is 0.200 e. The van der Waals surface area contributed by atoms with Crippen molar-refractivity contribution < 1.29 is 52.7 Å². The average Bonchev–Trinajstić information content (AvgIpc) is 2.72. The minimum absolute atomic E-state index is 0.0179. The van der Waals surface area contributed by atoms with Gasteiger partial charge in [-0.1, -0.05) is 0 Å². The third-order valence-electron chi connectivity index (χ3n) is 3.96. The van der Waals surface area contributed by atoms with Gasteiger partial charge in [-0.25, -0.2) is 52.7 Å². The Labute approximate surface area is 158 Å². The van der Waals surface area contributed by atoms with Gasteiger partial charge in [0.1, 0.15) is 0 Å². The molecule has 157 valence electrons. The van der Waals surface area contributed by atoms with Crippen LogP contribution in [0.1, 0.15) is 0 Å². The van der Waals surface area contributed by atoms with Crippen molar-refractivity contribution in [2.75, 3.05) is 0 Å². The predicted octanol–water partition coefficient (Wildman–Crippen LogP) is 6.49. The zero-order valence-electron chi connectivity index (χ0n) is 13.6. The fraction of sp³-hybridized carbons (Fsp3) is 0. The second kappa shape index (κ2) is 7.26. The molecular formula is C18HF12. The quantitative estimate of drug-likeness (QED) is 0.240. The number of rotatable bonds is 2. The molecule has 12 heteroatoms. The summed E-state index contributed by atoms with van der Waals surface area (Å²) in [6.07, 6.45) is 0. The van der Waals surface area contributed by atoms with Crippen LogP contribution in [0.3, 0.4) is 0 Å². The highest BCUT2D eigenvalue weighted by Gasteiger charge is 2.34. The molecule has 0 saturated carbocycles. The summed E-state index contributed by atoms with van der Waals surface area (Å²) in [6, 6.07) is 1.36. The number of hydrogen-bond donors (Lipinski definition) is 0. The topological polar surface area (TPSA) is 0 Å². The standard InChI is InChI=1S/C18HF12/c19-4-2-1-3(6-9(21)13(25)17(29)14(26)10(6)22)5(8(4)20)7-11(23)15(27)18(30)16(28)12(7)24/h1H. The van der Waals surface area contributed by atoms with E-state index in [0.717, 1.165) is 0 Å². The molecule has 0 aromatic heterocycles. The molecule has 0 unspecified atom stereocenters. The fourth-order valence-electron chi connectivity index (χ4n) is 2.61. The number of hydrogen-bond acceptors (Lipinski definition) is 0. The molecule has 0 spiro atoms. The number of benzene rings is 3. The van der Waals surface area contributed by atoms with E-state index in [2.05, 4.69) is 0 Å². The van der Waals surface area contributed by atoms with Crippen molar-refractivity contribution in [3.05, 3.63) is 81.9 Å². The Morgan fingerprint density at radius 1 is 0.367 bits per heavy atom. The summed E-state index contributed by atoms with van der Waals surface area (Å²) >= 11 is 0. The van der Waals surface area contributed by atoms with Gasteiger partial charge in [-0.15, -0.1) is 0 Å². The van der Waals surface area contributed by atoms with Gasteiger partial charge in [0.25, 0.3) is 0 Å². The Balaban J connectivity index is 2.57. The molecule has 1 radical (unpaired) electrons. The smallest absolute Gasteiger partial charge is 0.200 e. The molecule has 0 aliphatic rings. The van der Waals surface area contributed by atoms with Gasteiger partial charge in [0.15, 0.2) is 58.2 Å². The third-order valence-corrected chi connectivity index (χ3v) is 3.96. The van der Waals surface area contributed by atoms with Crippen molar-refractivity contribution in [2.24, 2.45) is 0 Å². The monoisotopic (exact) mass is 445 g/mol. The summed E-state index contributed by atoms with van der Waals surface area (Å²) in [7, 11) is 0. The summed E-state index contributed by atoms with van der Waals surface area (Å²) in [4.78, 5) is 0. The zero-order chi connectivity index (χ0) is 22.7. The Morgan fingerprint density at radius 2 is 0.700 bits per heavy atom. The van der Waals surface area contributed by atoms with E-state index in [1.807, 2.05) is 0 Å². The predicted molar refractivity (Wildman–Crippen MR) is 75.6 cm³/mol. The fourth-order valence-corrected chi connectivity index (χ4v) is 2.61. The highest BCUT2D eigenvalue weighted by Crippen LogP contribution is 2.42. The van der Waals surface area contributed by atoms with Gasteiger partial charge >= 0.3 is 0 Å². The lowest BCUT2D eigenvalue weighted by molar-refractivity contribution is 0.379. The molecular weight excluding hydrogens is 444 g/mol. The Kier molecular flexibility index (Phi) is 5.21. The van der Waals surface area contributed by atoms with Crippen molar-refractivity contribution in [1.82, 2.24) is 0 Å². The normalized spacial score (nSPS) is 11.3. The van der Waals surface area contributed by atoms with Gasteiger partial charge < -0.3 is 0 Å². The van der Waals surface area contributed by atoms with Crippen LogP contribution in [0.2, 0.25) is 0 Å². The first kappa shape index (κ1) is 21.5. The van der Waals surface area contributed by atoms with Gasteiger partial charge in [-0.2, -0.15) is 0 Å². The average molecular weight is 445 g/mol. The lowest BCUT2D eigenvalue weighted by Gasteiger charge is -2.16. The second-order valence-corrected chi connectivity index (χ2v) is 5.60. The highest BCUT2D eigenvalue weighted by atomic mass is 19.2. The van der Waals surface area contributed by atoms with Crippen molar-refractivity contribution >= 4 is 0 Å². The summed E-state index contributed by atoms with van der Waals surface area (Å²) in [6.45, 7) is 0. The van der Waals surface area contributed by atoms with Crippen molar-refractivity contribution in [3.8, 4) is 22.3 Å². The molecule has 0 aliphatic heterocycles. The maximum absolute atomic E-state index is 14.3. The summed E-state index contributed by atoms with van der Waals surface area (Å²) in [5, 5.41) is 0. The Morgan fingerprint density at radius 3 is 1.10 bits per heavy atom. The number of halogens is 12. The molecule has 0 aliphatic carbocycles. The van der Waals surface area contributed by atoms with Crippen molar-refractivity contribution in [2.45, 2.75) is 0 Å². The second-order valence-electron chi connectivity index (χ2n) is 5.60. The van der Waals surface area contributed by atoms with Crippen LogP contribution in [0.25, 0.3) is 22.3 Å². The van der Waals surface area contributed by atoms with E-state index in [1.54, 1.807) is 0 Å². The van der Waals surface area contributed by atoms with E-state index in [9.17, 15) is 52.7 Å². The van der Waals surface area contributed by atoms with E-state index in [-0.39, 0.29) is 6.07 Å². The Hall–Kier alpha value is -3.18. The lowest BCUT2D eigenvalue weighted by Crippen LogP contribution is -2.09. The third kappa shape index (κ3) is 2.89. The molecule has 0 bridgehead atoms. The van der Waals surface area contributed by atoms with Gasteiger partial charge in [0.2, 0.25) is 11.6 Å². The summed E-state index contributed by atoms with van der Waals surface area (Å²) in [5.41, 5.74) is -7.82. The van der Waals surface area contributed by atoms with E-state index in [0.29, 0.717) is 0 Å². The van der Waals surface area contributed by atoms with Crippen molar-refractivity contribution in [1.29, 1.82) is 0 Å². The van der Waals surface area contributed by atoms with Crippen LogP contribution in [0.4, 0.5) is 52.7 Å². The summed E-state index contributed by atoms with van der Waals surface area (Å²) < 4.78 is 165. The van der Waals surface area contributed by atoms with Crippen LogP contribution in [0.15, 0.2) is 6.07 Å². The first-order valence-corrected chi connectivity index (χ1v) is 7.35. The first-order chi connectivity index (χ1) is 13.9. The van der Waals surface area contributed by atoms with Crippen molar-refractivity contribution in [3.63, 3.8) is 0 Å². The summed E-state index contributed by atoms with van der Waals surface area (Å²) in [5.74, 6) is -31.1. The lowest BCUT2D eigenvalue weighted by atomic mass is 9.91. The SMILES string of the molecule is Fc1[c]cc(-c2c(F)c(F)c(F)c(F)c2F)c(-c2c(F)c(F)c(F)c(F)c2F)c1F. The van der Waals surface area contributed by atoms with Gasteiger partial charge in [-0.3, -0.25) is 0 Å². The van der Waals surface area contributed by atoms with E-state index < -0.39 is 92.1 Å². The van der Waals surface area contributed by atoms with E-state index >= 15 is 0 Å². The molecule has 3 rings (SSSR count). The molecule has 0 saturated heterocycles. The van der Waals surface area contributed by atoms with Crippen LogP contribution in [-0.4, -0.2) is 0 Å². The first-order valence-electron chi connectivity index (χ1n) is 7.35. The van der Waals surface area contributed by atoms with Crippen LogP contribution in [0.5, 0.6) is 0 Å².